The molecule has 0 aliphatic carbocycles. The molecular weight excluding hydrogens is 376 g/mol. The summed E-state index contributed by atoms with van der Waals surface area (Å²) in [5.41, 5.74) is 0.918. The second kappa shape index (κ2) is 6.69. The number of carbonyl (C=O) groups is 1. The van der Waals surface area contributed by atoms with E-state index in [4.69, 9.17) is 0 Å². The molecule has 2 fully saturated rings. The van der Waals surface area contributed by atoms with E-state index >= 15 is 0 Å². The first kappa shape index (κ1) is 17.8. The molecule has 0 spiro atoms. The standard InChI is InChI=1S/C22H19F2N3O2/c23-18-7-6-17(9-19(18)24)25-10-15-12-26(13-16(15)11-25)22(29)27-20-4-2-1-3-14(20)5-8-21(27)28/h1-9,15-16H,10-13H2. The van der Waals surface area contributed by atoms with Crippen LogP contribution >= 0.6 is 0 Å². The first-order chi connectivity index (χ1) is 14.0. The van der Waals surface area contributed by atoms with Gasteiger partial charge in [0.1, 0.15) is 0 Å². The molecule has 148 valence electrons. The Kier molecular flexibility index (Phi) is 4.12. The van der Waals surface area contributed by atoms with E-state index < -0.39 is 11.6 Å². The maximum atomic E-state index is 13.6. The van der Waals surface area contributed by atoms with Gasteiger partial charge >= 0.3 is 6.03 Å². The highest BCUT2D eigenvalue weighted by molar-refractivity contribution is 5.90. The fraction of sp³-hybridized carbons (Fsp3) is 0.273. The number of para-hydroxylation sites is 1. The van der Waals surface area contributed by atoms with Crippen molar-refractivity contribution in [3.63, 3.8) is 0 Å². The summed E-state index contributed by atoms with van der Waals surface area (Å²) in [6, 6.07) is 14.1. The molecule has 5 rings (SSSR count). The summed E-state index contributed by atoms with van der Waals surface area (Å²) in [6.45, 7) is 2.42. The van der Waals surface area contributed by atoms with Gasteiger partial charge in [-0.2, -0.15) is 0 Å². The molecule has 3 aromatic rings. The summed E-state index contributed by atoms with van der Waals surface area (Å²) < 4.78 is 28.0. The second-order valence-electron chi connectivity index (χ2n) is 7.78. The molecule has 1 aromatic heterocycles. The fourth-order valence-electron chi connectivity index (χ4n) is 4.57. The molecule has 0 radical (unpaired) electrons. The predicted molar refractivity (Wildman–Crippen MR) is 106 cm³/mol. The molecular formula is C22H19F2N3O2. The number of carbonyl (C=O) groups excluding carboxylic acids is 1. The van der Waals surface area contributed by atoms with Crippen molar-refractivity contribution in [3.8, 4) is 0 Å². The lowest BCUT2D eigenvalue weighted by Gasteiger charge is -2.24. The van der Waals surface area contributed by atoms with Gasteiger partial charge in [0, 0.05) is 55.8 Å². The Morgan fingerprint density at radius 3 is 2.31 bits per heavy atom. The van der Waals surface area contributed by atoms with Crippen LogP contribution in [-0.4, -0.2) is 41.7 Å². The van der Waals surface area contributed by atoms with Crippen LogP contribution in [0, 0.1) is 23.5 Å². The fourth-order valence-corrected chi connectivity index (χ4v) is 4.57. The van der Waals surface area contributed by atoms with Crippen LogP contribution in [-0.2, 0) is 0 Å². The van der Waals surface area contributed by atoms with Gasteiger partial charge in [0.25, 0.3) is 5.56 Å². The molecule has 0 bridgehead atoms. The normalized spacial score (nSPS) is 21.0. The van der Waals surface area contributed by atoms with E-state index in [2.05, 4.69) is 0 Å². The number of aromatic nitrogens is 1. The Labute approximate surface area is 165 Å². The van der Waals surface area contributed by atoms with E-state index in [1.54, 1.807) is 23.1 Å². The maximum absolute atomic E-state index is 13.6. The van der Waals surface area contributed by atoms with Gasteiger partial charge in [-0.05, 0) is 29.7 Å². The third-order valence-electron chi connectivity index (χ3n) is 6.02. The quantitative estimate of drug-likeness (QED) is 0.635. The number of hydrogen-bond acceptors (Lipinski definition) is 3. The number of nitrogens with zero attached hydrogens (tertiary/aromatic N) is 3. The number of halogens is 2. The molecule has 2 aliphatic heterocycles. The van der Waals surface area contributed by atoms with E-state index in [1.807, 2.05) is 23.1 Å². The number of amides is 1. The molecule has 2 unspecified atom stereocenters. The average Bonchev–Trinajstić information content (AvgIpc) is 3.29. The minimum atomic E-state index is -0.856. The number of hydrogen-bond donors (Lipinski definition) is 0. The van der Waals surface area contributed by atoms with Crippen molar-refractivity contribution in [2.45, 2.75) is 0 Å². The summed E-state index contributed by atoms with van der Waals surface area (Å²) in [7, 11) is 0. The van der Waals surface area contributed by atoms with Crippen LogP contribution in [0.15, 0.2) is 59.4 Å². The lowest BCUT2D eigenvalue weighted by Crippen LogP contribution is -2.40. The van der Waals surface area contributed by atoms with Crippen LogP contribution in [0.5, 0.6) is 0 Å². The largest absolute Gasteiger partial charge is 0.371 e. The molecule has 29 heavy (non-hydrogen) atoms. The summed E-state index contributed by atoms with van der Waals surface area (Å²) in [6.07, 6.45) is 0. The Bertz CT molecular complexity index is 1160. The lowest BCUT2D eigenvalue weighted by atomic mass is 10.0. The van der Waals surface area contributed by atoms with Crippen LogP contribution in [0.2, 0.25) is 0 Å². The van der Waals surface area contributed by atoms with Gasteiger partial charge in [-0.25, -0.2) is 18.1 Å². The minimum absolute atomic E-state index is 0.234. The van der Waals surface area contributed by atoms with Crippen molar-refractivity contribution in [2.24, 2.45) is 11.8 Å². The van der Waals surface area contributed by atoms with Crippen molar-refractivity contribution in [1.82, 2.24) is 9.47 Å². The molecule has 1 amide bonds. The maximum Gasteiger partial charge on any atom is 0.331 e. The Hall–Kier alpha value is -3.22. The second-order valence-corrected chi connectivity index (χ2v) is 7.78. The zero-order valence-corrected chi connectivity index (χ0v) is 15.6. The molecule has 0 N–H and O–H groups in total. The van der Waals surface area contributed by atoms with Crippen LogP contribution in [0.4, 0.5) is 19.3 Å². The molecule has 0 saturated carbocycles. The van der Waals surface area contributed by atoms with E-state index in [0.29, 0.717) is 37.4 Å². The van der Waals surface area contributed by atoms with Crippen molar-refractivity contribution in [3.05, 3.63) is 76.6 Å². The number of fused-ring (bicyclic) bond motifs is 2. The Balaban J connectivity index is 1.36. The van der Waals surface area contributed by atoms with Gasteiger partial charge in [-0.3, -0.25) is 4.79 Å². The topological polar surface area (TPSA) is 45.6 Å². The summed E-state index contributed by atoms with van der Waals surface area (Å²) >= 11 is 0. The summed E-state index contributed by atoms with van der Waals surface area (Å²) in [5.74, 6) is -1.24. The van der Waals surface area contributed by atoms with E-state index in [-0.39, 0.29) is 23.4 Å². The number of likely N-dealkylation sites (tertiary alicyclic amines) is 1. The molecule has 7 heteroatoms. The first-order valence-corrected chi connectivity index (χ1v) is 9.61. The van der Waals surface area contributed by atoms with Crippen LogP contribution in [0.3, 0.4) is 0 Å². The van der Waals surface area contributed by atoms with Gasteiger partial charge < -0.3 is 9.80 Å². The molecule has 2 atom stereocenters. The van der Waals surface area contributed by atoms with Gasteiger partial charge in [0.2, 0.25) is 0 Å². The van der Waals surface area contributed by atoms with Gasteiger partial charge in [-0.1, -0.05) is 18.2 Å². The highest BCUT2D eigenvalue weighted by Crippen LogP contribution is 2.34. The zero-order chi connectivity index (χ0) is 20.1. The van der Waals surface area contributed by atoms with Gasteiger partial charge in [-0.15, -0.1) is 0 Å². The Morgan fingerprint density at radius 1 is 0.862 bits per heavy atom. The van der Waals surface area contributed by atoms with Gasteiger partial charge in [0.05, 0.1) is 5.52 Å². The highest BCUT2D eigenvalue weighted by atomic mass is 19.2. The molecule has 2 aromatic carbocycles. The van der Waals surface area contributed by atoms with Crippen molar-refractivity contribution < 1.29 is 13.6 Å². The highest BCUT2D eigenvalue weighted by Gasteiger charge is 2.42. The number of anilines is 1. The van der Waals surface area contributed by atoms with E-state index in [0.717, 1.165) is 11.5 Å². The van der Waals surface area contributed by atoms with E-state index in [9.17, 15) is 18.4 Å². The van der Waals surface area contributed by atoms with Crippen molar-refractivity contribution >= 4 is 22.6 Å². The Morgan fingerprint density at radius 2 is 1.59 bits per heavy atom. The summed E-state index contributed by atoms with van der Waals surface area (Å²) in [5, 5.41) is 0.837. The van der Waals surface area contributed by atoms with Gasteiger partial charge in [0.15, 0.2) is 11.6 Å². The van der Waals surface area contributed by atoms with Crippen molar-refractivity contribution in [1.29, 1.82) is 0 Å². The first-order valence-electron chi connectivity index (χ1n) is 9.61. The monoisotopic (exact) mass is 395 g/mol. The number of pyridine rings is 1. The molecule has 2 saturated heterocycles. The van der Waals surface area contributed by atoms with Crippen LogP contribution in [0.1, 0.15) is 0 Å². The third kappa shape index (κ3) is 2.97. The number of benzene rings is 2. The SMILES string of the molecule is O=C(N1CC2CN(c3ccc(F)c(F)c3)CC2C1)n1c(=O)ccc2ccccc21. The van der Waals surface area contributed by atoms with E-state index in [1.165, 1.54) is 16.7 Å². The van der Waals surface area contributed by atoms with Crippen molar-refractivity contribution in [2.75, 3.05) is 31.1 Å². The van der Waals surface area contributed by atoms with Crippen LogP contribution < -0.4 is 10.5 Å². The predicted octanol–water partition coefficient (Wildman–Crippen LogP) is 3.32. The average molecular weight is 395 g/mol. The summed E-state index contributed by atoms with van der Waals surface area (Å²) in [4.78, 5) is 29.3. The lowest BCUT2D eigenvalue weighted by molar-refractivity contribution is 0.207. The molecule has 3 heterocycles. The number of rotatable bonds is 1. The third-order valence-corrected chi connectivity index (χ3v) is 6.02. The molecule has 5 nitrogen and oxygen atoms in total. The van der Waals surface area contributed by atoms with Crippen LogP contribution in [0.25, 0.3) is 10.9 Å². The minimum Gasteiger partial charge on any atom is -0.371 e. The molecule has 2 aliphatic rings. The zero-order valence-electron chi connectivity index (χ0n) is 15.6. The smallest absolute Gasteiger partial charge is 0.331 e.